The first-order valence-electron chi connectivity index (χ1n) is 6.13. The van der Waals surface area contributed by atoms with Crippen LogP contribution >= 0.6 is 0 Å². The van der Waals surface area contributed by atoms with Gasteiger partial charge in [0.1, 0.15) is 0 Å². The number of aliphatic hydroxyl groups is 1. The van der Waals surface area contributed by atoms with Crippen molar-refractivity contribution in [2.24, 2.45) is 0 Å². The number of hydrogen-bond acceptors (Lipinski definition) is 2. The Morgan fingerprint density at radius 3 is 1.74 bits per heavy atom. The van der Waals surface area contributed by atoms with Gasteiger partial charge in [0.05, 0.1) is 6.42 Å². The first kappa shape index (κ1) is 14.9. The Morgan fingerprint density at radius 2 is 1.32 bits per heavy atom. The number of aliphatic hydroxyl groups excluding tert-OH is 1. The van der Waals surface area contributed by atoms with Gasteiger partial charge in [-0.2, -0.15) is 0 Å². The van der Waals surface area contributed by atoms with Crippen molar-refractivity contribution in [3.63, 3.8) is 0 Å². The van der Waals surface area contributed by atoms with Crippen LogP contribution in [0.1, 0.15) is 11.1 Å². The van der Waals surface area contributed by atoms with Crippen molar-refractivity contribution >= 4 is 5.97 Å². The predicted molar refractivity (Wildman–Crippen MR) is 75.0 cm³/mol. The van der Waals surface area contributed by atoms with Crippen LogP contribution in [0.2, 0.25) is 0 Å². The third-order valence-corrected chi connectivity index (χ3v) is 2.44. The summed E-state index contributed by atoms with van der Waals surface area (Å²) in [6, 6.07) is 19.1. The molecule has 0 saturated carbocycles. The van der Waals surface area contributed by atoms with E-state index in [4.69, 9.17) is 10.2 Å². The molecule has 0 aliphatic heterocycles. The molecule has 3 nitrogen and oxygen atoms in total. The first-order chi connectivity index (χ1) is 9.22. The zero-order chi connectivity index (χ0) is 13.9. The molecule has 2 rings (SSSR count). The molecule has 0 heterocycles. The van der Waals surface area contributed by atoms with Crippen molar-refractivity contribution in [2.75, 3.05) is 6.61 Å². The minimum Gasteiger partial charge on any atom is -0.481 e. The van der Waals surface area contributed by atoms with Crippen LogP contribution in [0, 0.1) is 0 Å². The molecule has 0 saturated heterocycles. The highest BCUT2D eigenvalue weighted by Crippen LogP contribution is 1.98. The Bertz CT molecular complexity index is 466. The van der Waals surface area contributed by atoms with E-state index in [-0.39, 0.29) is 13.0 Å². The molecule has 2 N–H and O–H groups in total. The van der Waals surface area contributed by atoms with E-state index < -0.39 is 5.97 Å². The fourth-order valence-corrected chi connectivity index (χ4v) is 1.54. The van der Waals surface area contributed by atoms with Crippen LogP contribution in [0.25, 0.3) is 0 Å². The first-order valence-corrected chi connectivity index (χ1v) is 6.13. The molecule has 0 aliphatic carbocycles. The molecule has 0 radical (unpaired) electrons. The molecule has 0 atom stereocenters. The van der Waals surface area contributed by atoms with E-state index in [1.165, 1.54) is 5.56 Å². The Balaban J connectivity index is 0.000000191. The number of carboxylic acid groups (broad SMARTS) is 1. The topological polar surface area (TPSA) is 57.5 Å². The number of carbonyl (C=O) groups is 1. The fraction of sp³-hybridized carbons (Fsp3) is 0.188. The maximum atomic E-state index is 10.2. The average Bonchev–Trinajstić information content (AvgIpc) is 2.41. The highest BCUT2D eigenvalue weighted by atomic mass is 16.4. The van der Waals surface area contributed by atoms with Crippen molar-refractivity contribution in [3.8, 4) is 0 Å². The molecule has 0 bridgehead atoms. The summed E-state index contributed by atoms with van der Waals surface area (Å²) in [6.45, 7) is 0.240. The average molecular weight is 258 g/mol. The third-order valence-electron chi connectivity index (χ3n) is 2.44. The van der Waals surface area contributed by atoms with Gasteiger partial charge in [0, 0.05) is 6.61 Å². The van der Waals surface area contributed by atoms with E-state index >= 15 is 0 Å². The second-order valence-electron chi connectivity index (χ2n) is 4.02. The second kappa shape index (κ2) is 8.89. The monoisotopic (exact) mass is 258 g/mol. The van der Waals surface area contributed by atoms with Gasteiger partial charge in [0.15, 0.2) is 0 Å². The van der Waals surface area contributed by atoms with E-state index in [9.17, 15) is 4.79 Å². The zero-order valence-corrected chi connectivity index (χ0v) is 10.7. The van der Waals surface area contributed by atoms with E-state index in [0.29, 0.717) is 0 Å². The molecular formula is C16H18O3. The van der Waals surface area contributed by atoms with E-state index in [1.54, 1.807) is 12.1 Å². The Hall–Kier alpha value is -2.13. The largest absolute Gasteiger partial charge is 0.481 e. The summed E-state index contributed by atoms with van der Waals surface area (Å²) in [5.41, 5.74) is 2.04. The van der Waals surface area contributed by atoms with Gasteiger partial charge in [-0.15, -0.1) is 0 Å². The molecule has 19 heavy (non-hydrogen) atoms. The van der Waals surface area contributed by atoms with Gasteiger partial charge < -0.3 is 10.2 Å². The quantitative estimate of drug-likeness (QED) is 0.886. The molecule has 100 valence electrons. The lowest BCUT2D eigenvalue weighted by molar-refractivity contribution is -0.136. The SMILES string of the molecule is O=C(O)Cc1ccccc1.OCCc1ccccc1. The van der Waals surface area contributed by atoms with Gasteiger partial charge in [-0.25, -0.2) is 0 Å². The Kier molecular flexibility index (Phi) is 6.98. The molecule has 3 heteroatoms. The van der Waals surface area contributed by atoms with Crippen molar-refractivity contribution < 1.29 is 15.0 Å². The van der Waals surface area contributed by atoms with Crippen molar-refractivity contribution in [1.82, 2.24) is 0 Å². The van der Waals surface area contributed by atoms with Gasteiger partial charge in [0.2, 0.25) is 0 Å². The molecule has 0 fully saturated rings. The summed E-state index contributed by atoms with van der Waals surface area (Å²) in [6.07, 6.45) is 0.877. The van der Waals surface area contributed by atoms with Crippen LogP contribution in [0.4, 0.5) is 0 Å². The predicted octanol–water partition coefficient (Wildman–Crippen LogP) is 2.54. The van der Waals surface area contributed by atoms with E-state index in [1.807, 2.05) is 48.5 Å². The van der Waals surface area contributed by atoms with Crippen LogP contribution in [0.3, 0.4) is 0 Å². The lowest BCUT2D eigenvalue weighted by atomic mass is 10.2. The fourth-order valence-electron chi connectivity index (χ4n) is 1.54. The van der Waals surface area contributed by atoms with Crippen LogP contribution < -0.4 is 0 Å². The van der Waals surface area contributed by atoms with Crippen LogP contribution in [-0.2, 0) is 17.6 Å². The lowest BCUT2D eigenvalue weighted by Gasteiger charge is -1.93. The van der Waals surface area contributed by atoms with Gasteiger partial charge >= 0.3 is 5.97 Å². The normalized spacial score (nSPS) is 9.32. The number of benzene rings is 2. The molecule has 2 aromatic rings. The zero-order valence-electron chi connectivity index (χ0n) is 10.7. The maximum absolute atomic E-state index is 10.2. The van der Waals surface area contributed by atoms with Gasteiger partial charge in [-0.3, -0.25) is 4.79 Å². The molecule has 0 aromatic heterocycles. The molecule has 0 aliphatic rings. The van der Waals surface area contributed by atoms with Gasteiger partial charge in [-0.1, -0.05) is 60.7 Å². The molecule has 0 unspecified atom stereocenters. The summed E-state index contributed by atoms with van der Waals surface area (Å²) in [4.78, 5) is 10.2. The summed E-state index contributed by atoms with van der Waals surface area (Å²) < 4.78 is 0. The van der Waals surface area contributed by atoms with Crippen molar-refractivity contribution in [3.05, 3.63) is 71.8 Å². The van der Waals surface area contributed by atoms with Gasteiger partial charge in [-0.05, 0) is 17.5 Å². The number of carboxylic acids is 1. The number of aliphatic carboxylic acids is 1. The highest BCUT2D eigenvalue weighted by molar-refractivity contribution is 5.70. The number of rotatable bonds is 4. The highest BCUT2D eigenvalue weighted by Gasteiger charge is 1.96. The van der Waals surface area contributed by atoms with Crippen molar-refractivity contribution in [1.29, 1.82) is 0 Å². The van der Waals surface area contributed by atoms with Crippen LogP contribution in [0.5, 0.6) is 0 Å². The van der Waals surface area contributed by atoms with E-state index in [0.717, 1.165) is 12.0 Å². The van der Waals surface area contributed by atoms with Crippen molar-refractivity contribution in [2.45, 2.75) is 12.8 Å². The van der Waals surface area contributed by atoms with Crippen LogP contribution in [-0.4, -0.2) is 22.8 Å². The molecule has 0 amide bonds. The minimum absolute atomic E-state index is 0.112. The smallest absolute Gasteiger partial charge is 0.307 e. The third kappa shape index (κ3) is 7.01. The van der Waals surface area contributed by atoms with E-state index in [2.05, 4.69) is 0 Å². The molecule has 2 aromatic carbocycles. The minimum atomic E-state index is -0.786. The summed E-state index contributed by atoms with van der Waals surface area (Å²) >= 11 is 0. The second-order valence-corrected chi connectivity index (χ2v) is 4.02. The summed E-state index contributed by atoms with van der Waals surface area (Å²) in [5.74, 6) is -0.786. The standard InChI is InChI=1S/C8H8O2.C8H10O/c9-8(10)6-7-4-2-1-3-5-7;9-7-6-8-4-2-1-3-5-8/h1-5H,6H2,(H,9,10);1-5,9H,6-7H2. The molecular weight excluding hydrogens is 240 g/mol. The number of hydrogen-bond donors (Lipinski definition) is 2. The van der Waals surface area contributed by atoms with Gasteiger partial charge in [0.25, 0.3) is 0 Å². The lowest BCUT2D eigenvalue weighted by Crippen LogP contribution is -1.98. The molecule has 0 spiro atoms. The Labute approximate surface area is 113 Å². The summed E-state index contributed by atoms with van der Waals surface area (Å²) in [7, 11) is 0. The maximum Gasteiger partial charge on any atom is 0.307 e. The summed E-state index contributed by atoms with van der Waals surface area (Å²) in [5, 5.41) is 16.9. The Morgan fingerprint density at radius 1 is 0.842 bits per heavy atom. The van der Waals surface area contributed by atoms with Crippen LogP contribution in [0.15, 0.2) is 60.7 Å².